The van der Waals surface area contributed by atoms with Gasteiger partial charge in [-0.15, -0.1) is 0 Å². The Labute approximate surface area is 207 Å². The molecule has 1 heterocycles. The number of alkyl halides is 3. The number of aromatic nitrogens is 2. The number of nitrogens with zero attached hydrogens (tertiary/aromatic N) is 3. The fourth-order valence-corrected chi connectivity index (χ4v) is 3.29. The number of anilines is 1. The maximum atomic E-state index is 12.8. The van der Waals surface area contributed by atoms with Crippen LogP contribution < -0.4 is 15.8 Å². The Kier molecular flexibility index (Phi) is 7.59. The summed E-state index contributed by atoms with van der Waals surface area (Å²) in [5.74, 6) is 0.792. The van der Waals surface area contributed by atoms with Gasteiger partial charge in [0.1, 0.15) is 17.2 Å². The molecule has 1 aromatic heterocycles. The third-order valence-electron chi connectivity index (χ3n) is 5.18. The van der Waals surface area contributed by atoms with Crippen molar-refractivity contribution in [3.63, 3.8) is 0 Å². The summed E-state index contributed by atoms with van der Waals surface area (Å²) in [4.78, 5) is 8.60. The molecule has 2 aromatic carbocycles. The average Bonchev–Trinajstić information content (AvgIpc) is 3.23. The molecule has 0 amide bonds. The SMILES string of the molecule is C=C(N=C(/C=C(\N)c1ccc(C(F)(F)F)cc1)C(C)(C)O)Nc1ccc(-n2cnc(C)c2)c(OC)c1. The van der Waals surface area contributed by atoms with Gasteiger partial charge in [0.2, 0.25) is 0 Å². The number of rotatable bonds is 8. The van der Waals surface area contributed by atoms with Crippen molar-refractivity contribution in [3.8, 4) is 11.4 Å². The van der Waals surface area contributed by atoms with Gasteiger partial charge in [-0.05, 0) is 56.7 Å². The van der Waals surface area contributed by atoms with Crippen LogP contribution >= 0.6 is 0 Å². The van der Waals surface area contributed by atoms with Crippen LogP contribution in [0.2, 0.25) is 0 Å². The first kappa shape index (κ1) is 26.6. The van der Waals surface area contributed by atoms with Crippen molar-refractivity contribution in [3.05, 3.63) is 90.3 Å². The molecule has 4 N–H and O–H groups in total. The number of methoxy groups -OCH3 is 1. The van der Waals surface area contributed by atoms with E-state index in [1.807, 2.05) is 29.8 Å². The van der Waals surface area contributed by atoms with Gasteiger partial charge in [-0.1, -0.05) is 18.7 Å². The van der Waals surface area contributed by atoms with E-state index in [9.17, 15) is 18.3 Å². The second-order valence-electron chi connectivity index (χ2n) is 8.61. The van der Waals surface area contributed by atoms with Crippen molar-refractivity contribution in [2.24, 2.45) is 10.7 Å². The molecule has 0 spiro atoms. The minimum Gasteiger partial charge on any atom is -0.494 e. The summed E-state index contributed by atoms with van der Waals surface area (Å²) in [6, 6.07) is 9.84. The molecule has 10 heteroatoms. The molecular weight excluding hydrogens is 471 g/mol. The van der Waals surface area contributed by atoms with Crippen LogP contribution in [0.25, 0.3) is 11.4 Å². The van der Waals surface area contributed by atoms with Crippen LogP contribution in [-0.2, 0) is 6.18 Å². The third-order valence-corrected chi connectivity index (χ3v) is 5.18. The van der Waals surface area contributed by atoms with E-state index in [-0.39, 0.29) is 17.2 Å². The molecule has 3 rings (SSSR count). The van der Waals surface area contributed by atoms with E-state index in [4.69, 9.17) is 10.5 Å². The summed E-state index contributed by atoms with van der Waals surface area (Å²) in [5.41, 5.74) is 6.86. The van der Waals surface area contributed by atoms with E-state index in [2.05, 4.69) is 21.9 Å². The second kappa shape index (κ2) is 10.3. The molecule has 3 aromatic rings. The second-order valence-corrected chi connectivity index (χ2v) is 8.61. The molecule has 0 radical (unpaired) electrons. The van der Waals surface area contributed by atoms with Gasteiger partial charge in [0.25, 0.3) is 0 Å². The molecule has 190 valence electrons. The number of aliphatic hydroxyl groups is 1. The Morgan fingerprint density at radius 1 is 1.19 bits per heavy atom. The largest absolute Gasteiger partial charge is 0.494 e. The fraction of sp³-hybridized carbons (Fsp3) is 0.231. The molecule has 0 aliphatic heterocycles. The molecule has 36 heavy (non-hydrogen) atoms. The van der Waals surface area contributed by atoms with Crippen LogP contribution in [-0.4, -0.2) is 33.1 Å². The molecule has 0 atom stereocenters. The highest BCUT2D eigenvalue weighted by molar-refractivity contribution is 6.06. The van der Waals surface area contributed by atoms with E-state index in [0.29, 0.717) is 17.0 Å². The highest BCUT2D eigenvalue weighted by Crippen LogP contribution is 2.30. The predicted molar refractivity (Wildman–Crippen MR) is 135 cm³/mol. The van der Waals surface area contributed by atoms with E-state index in [0.717, 1.165) is 23.5 Å². The zero-order valence-corrected chi connectivity index (χ0v) is 20.4. The Morgan fingerprint density at radius 2 is 1.86 bits per heavy atom. The van der Waals surface area contributed by atoms with Crippen molar-refractivity contribution in [1.29, 1.82) is 0 Å². The van der Waals surface area contributed by atoms with Crippen molar-refractivity contribution >= 4 is 17.1 Å². The maximum absolute atomic E-state index is 12.8. The standard InChI is InChI=1S/C26H28F3N5O2/c1-16-14-34(15-31-16)22-11-10-20(12-23(22)36-5)32-17(2)33-24(25(3,4)35)13-21(30)18-6-8-19(9-7-18)26(27,28)29/h6-15,32,35H,2,30H2,1,3-5H3/b21-13-,33-24?. The lowest BCUT2D eigenvalue weighted by molar-refractivity contribution is -0.137. The van der Waals surface area contributed by atoms with E-state index in [1.54, 1.807) is 19.5 Å². The summed E-state index contributed by atoms with van der Waals surface area (Å²) < 4.78 is 45.9. The Hall–Kier alpha value is -4.05. The van der Waals surface area contributed by atoms with Gasteiger partial charge < -0.3 is 25.5 Å². The van der Waals surface area contributed by atoms with Crippen LogP contribution in [0.5, 0.6) is 5.75 Å². The molecule has 0 saturated heterocycles. The number of benzene rings is 2. The van der Waals surface area contributed by atoms with Gasteiger partial charge in [0.15, 0.2) is 0 Å². The number of hydrogen-bond acceptors (Lipinski definition) is 6. The topological polar surface area (TPSA) is 97.7 Å². The summed E-state index contributed by atoms with van der Waals surface area (Å²) in [6.07, 6.45) is 0.517. The molecule has 0 bridgehead atoms. The minimum absolute atomic E-state index is 0.138. The summed E-state index contributed by atoms with van der Waals surface area (Å²) in [6.45, 7) is 8.82. The highest BCUT2D eigenvalue weighted by atomic mass is 19.4. The molecule has 0 saturated carbocycles. The number of aliphatic imine (C=N–C) groups is 1. The first-order valence-corrected chi connectivity index (χ1v) is 10.9. The number of hydrogen-bond donors (Lipinski definition) is 3. The van der Waals surface area contributed by atoms with Crippen LogP contribution in [0.3, 0.4) is 0 Å². The van der Waals surface area contributed by atoms with Gasteiger partial charge in [0.05, 0.1) is 36.1 Å². The molecule has 0 unspecified atom stereocenters. The number of imidazole rings is 1. The lowest BCUT2D eigenvalue weighted by atomic mass is 9.99. The van der Waals surface area contributed by atoms with Crippen molar-refractivity contribution in [1.82, 2.24) is 9.55 Å². The van der Waals surface area contributed by atoms with E-state index in [1.165, 1.54) is 32.1 Å². The van der Waals surface area contributed by atoms with Gasteiger partial charge in [-0.2, -0.15) is 13.2 Å². The van der Waals surface area contributed by atoms with Crippen LogP contribution in [0, 0.1) is 6.92 Å². The normalized spacial score (nSPS) is 13.0. The lowest BCUT2D eigenvalue weighted by Gasteiger charge is -2.20. The minimum atomic E-state index is -4.45. The smallest absolute Gasteiger partial charge is 0.416 e. The molecule has 7 nitrogen and oxygen atoms in total. The van der Waals surface area contributed by atoms with Crippen molar-refractivity contribution in [2.75, 3.05) is 12.4 Å². The van der Waals surface area contributed by atoms with E-state index >= 15 is 0 Å². The number of nitrogens with one attached hydrogen (secondary N) is 1. The van der Waals surface area contributed by atoms with Gasteiger partial charge in [-0.3, -0.25) is 0 Å². The molecule has 0 aliphatic carbocycles. The first-order valence-electron chi connectivity index (χ1n) is 10.9. The van der Waals surface area contributed by atoms with Crippen LogP contribution in [0.4, 0.5) is 18.9 Å². The fourth-order valence-electron chi connectivity index (χ4n) is 3.29. The summed E-state index contributed by atoms with van der Waals surface area (Å²) >= 11 is 0. The number of nitrogens with two attached hydrogens (primary N) is 1. The quantitative estimate of drug-likeness (QED) is 0.365. The number of halogens is 3. The zero-order valence-electron chi connectivity index (χ0n) is 20.4. The first-order chi connectivity index (χ1) is 16.8. The van der Waals surface area contributed by atoms with Gasteiger partial charge in [0, 0.05) is 23.6 Å². The Morgan fingerprint density at radius 3 is 2.39 bits per heavy atom. The summed E-state index contributed by atoms with van der Waals surface area (Å²) in [7, 11) is 1.56. The van der Waals surface area contributed by atoms with Crippen molar-refractivity contribution in [2.45, 2.75) is 32.5 Å². The third kappa shape index (κ3) is 6.54. The van der Waals surface area contributed by atoms with Crippen LogP contribution in [0.1, 0.15) is 30.7 Å². The number of ether oxygens (including phenoxy) is 1. The Balaban J connectivity index is 1.85. The number of aryl methyl sites for hydroxylation is 1. The monoisotopic (exact) mass is 499 g/mol. The van der Waals surface area contributed by atoms with E-state index < -0.39 is 17.3 Å². The molecule has 0 fully saturated rings. The Bertz CT molecular complexity index is 1300. The van der Waals surface area contributed by atoms with Crippen LogP contribution in [0.15, 0.2) is 78.5 Å². The molecular formula is C26H28F3N5O2. The lowest BCUT2D eigenvalue weighted by Crippen LogP contribution is -2.30. The van der Waals surface area contributed by atoms with Gasteiger partial charge in [-0.25, -0.2) is 9.98 Å². The van der Waals surface area contributed by atoms with Crippen molar-refractivity contribution < 1.29 is 23.0 Å². The predicted octanol–water partition coefficient (Wildman–Crippen LogP) is 5.30. The highest BCUT2D eigenvalue weighted by Gasteiger charge is 2.30. The van der Waals surface area contributed by atoms with Gasteiger partial charge >= 0.3 is 6.18 Å². The maximum Gasteiger partial charge on any atom is 0.416 e. The zero-order chi connectivity index (χ0) is 26.7. The molecule has 0 aliphatic rings. The summed E-state index contributed by atoms with van der Waals surface area (Å²) in [5, 5.41) is 13.7. The average molecular weight is 500 g/mol.